The summed E-state index contributed by atoms with van der Waals surface area (Å²) in [7, 11) is 0. The lowest BCUT2D eigenvalue weighted by Gasteiger charge is -2.07. The number of thioether (sulfide) groups is 1. The molecule has 0 aliphatic heterocycles. The Morgan fingerprint density at radius 1 is 1.50 bits per heavy atom. The van der Waals surface area contributed by atoms with Crippen LogP contribution in [0, 0.1) is 5.92 Å². The van der Waals surface area contributed by atoms with E-state index in [1.54, 1.807) is 23.9 Å². The molecule has 88 valence electrons. The van der Waals surface area contributed by atoms with Gasteiger partial charge in [0.1, 0.15) is 0 Å². The van der Waals surface area contributed by atoms with Crippen LogP contribution in [0.4, 0.5) is 5.69 Å². The van der Waals surface area contributed by atoms with E-state index in [4.69, 9.17) is 10.8 Å². The van der Waals surface area contributed by atoms with Crippen LogP contribution in [-0.2, 0) is 0 Å². The normalized spacial score (nSPS) is 10.7. The van der Waals surface area contributed by atoms with Gasteiger partial charge in [0.2, 0.25) is 0 Å². The van der Waals surface area contributed by atoms with Crippen molar-refractivity contribution in [3.8, 4) is 0 Å². The standard InChI is InChI=1S/C12H17NO2S/c1-8(2)5-6-16-11-7-9(12(14)15)3-4-10(11)13/h3-4,7-8H,5-6,13H2,1-2H3,(H,14,15). The highest BCUT2D eigenvalue weighted by Gasteiger charge is 2.07. The SMILES string of the molecule is CC(C)CCSc1cc(C(=O)O)ccc1N. The summed E-state index contributed by atoms with van der Waals surface area (Å²) in [5.74, 6) is 0.701. The van der Waals surface area contributed by atoms with E-state index >= 15 is 0 Å². The summed E-state index contributed by atoms with van der Waals surface area (Å²) >= 11 is 1.62. The molecule has 1 rings (SSSR count). The van der Waals surface area contributed by atoms with Gasteiger partial charge in [0.25, 0.3) is 0 Å². The summed E-state index contributed by atoms with van der Waals surface area (Å²) in [5.41, 5.74) is 6.74. The third-order valence-electron chi connectivity index (χ3n) is 2.21. The maximum atomic E-state index is 10.8. The van der Waals surface area contributed by atoms with E-state index in [1.165, 1.54) is 6.07 Å². The van der Waals surface area contributed by atoms with Gasteiger partial charge in [-0.2, -0.15) is 0 Å². The second-order valence-corrected chi connectivity index (χ2v) is 5.23. The highest BCUT2D eigenvalue weighted by atomic mass is 32.2. The van der Waals surface area contributed by atoms with Crippen molar-refractivity contribution in [3.63, 3.8) is 0 Å². The number of hydrogen-bond acceptors (Lipinski definition) is 3. The first-order valence-electron chi connectivity index (χ1n) is 5.26. The molecule has 0 heterocycles. The minimum atomic E-state index is -0.911. The van der Waals surface area contributed by atoms with Gasteiger partial charge >= 0.3 is 5.97 Å². The van der Waals surface area contributed by atoms with Crippen LogP contribution in [0.15, 0.2) is 23.1 Å². The first kappa shape index (κ1) is 12.9. The number of carbonyl (C=O) groups is 1. The van der Waals surface area contributed by atoms with Crippen molar-refractivity contribution < 1.29 is 9.90 Å². The fourth-order valence-corrected chi connectivity index (χ4v) is 2.45. The third kappa shape index (κ3) is 3.77. The molecule has 0 aliphatic carbocycles. The molecule has 0 bridgehead atoms. The largest absolute Gasteiger partial charge is 0.478 e. The van der Waals surface area contributed by atoms with Crippen molar-refractivity contribution in [1.29, 1.82) is 0 Å². The van der Waals surface area contributed by atoms with Gasteiger partial charge in [-0.3, -0.25) is 0 Å². The fraction of sp³-hybridized carbons (Fsp3) is 0.417. The zero-order chi connectivity index (χ0) is 12.1. The van der Waals surface area contributed by atoms with Crippen molar-refractivity contribution in [2.45, 2.75) is 25.2 Å². The first-order valence-corrected chi connectivity index (χ1v) is 6.25. The Kier molecular flexibility index (Phi) is 4.68. The van der Waals surface area contributed by atoms with Crippen LogP contribution in [0.25, 0.3) is 0 Å². The molecule has 0 saturated carbocycles. The molecular weight excluding hydrogens is 222 g/mol. The van der Waals surface area contributed by atoms with Crippen LogP contribution in [-0.4, -0.2) is 16.8 Å². The summed E-state index contributed by atoms with van der Waals surface area (Å²) in [6.45, 7) is 4.33. The zero-order valence-corrected chi connectivity index (χ0v) is 10.4. The van der Waals surface area contributed by atoms with E-state index in [-0.39, 0.29) is 0 Å². The van der Waals surface area contributed by atoms with Crippen LogP contribution in [0.5, 0.6) is 0 Å². The molecule has 16 heavy (non-hydrogen) atoms. The van der Waals surface area contributed by atoms with Crippen LogP contribution in [0.3, 0.4) is 0 Å². The van der Waals surface area contributed by atoms with Crippen molar-refractivity contribution in [2.75, 3.05) is 11.5 Å². The van der Waals surface area contributed by atoms with E-state index in [2.05, 4.69) is 13.8 Å². The Bertz CT molecular complexity index is 377. The summed E-state index contributed by atoms with van der Waals surface area (Å²) in [6, 6.07) is 4.83. The van der Waals surface area contributed by atoms with Crippen molar-refractivity contribution in [2.24, 2.45) is 5.92 Å². The Morgan fingerprint density at radius 2 is 2.19 bits per heavy atom. The van der Waals surface area contributed by atoms with Gasteiger partial charge in [0.05, 0.1) is 5.56 Å². The molecule has 1 aromatic rings. The summed E-state index contributed by atoms with van der Waals surface area (Å²) in [4.78, 5) is 11.7. The Morgan fingerprint density at radius 3 is 2.75 bits per heavy atom. The van der Waals surface area contributed by atoms with Gasteiger partial charge in [-0.1, -0.05) is 13.8 Å². The monoisotopic (exact) mass is 239 g/mol. The Labute approximate surface area is 100 Å². The molecule has 0 aliphatic rings. The predicted octanol–water partition coefficient (Wildman–Crippen LogP) is 3.11. The fourth-order valence-electron chi connectivity index (χ4n) is 1.20. The van der Waals surface area contributed by atoms with Crippen molar-refractivity contribution in [1.82, 2.24) is 0 Å². The molecule has 0 unspecified atom stereocenters. The average molecular weight is 239 g/mol. The summed E-state index contributed by atoms with van der Waals surface area (Å²) in [6.07, 6.45) is 1.10. The molecule has 0 saturated heterocycles. The van der Waals surface area contributed by atoms with Gasteiger partial charge in [-0.15, -0.1) is 11.8 Å². The number of nitrogens with two attached hydrogens (primary N) is 1. The molecule has 0 aromatic heterocycles. The first-order chi connectivity index (χ1) is 7.50. The van der Waals surface area contributed by atoms with E-state index in [9.17, 15) is 4.79 Å². The van der Waals surface area contributed by atoms with Crippen LogP contribution >= 0.6 is 11.8 Å². The van der Waals surface area contributed by atoms with Gasteiger partial charge in [-0.25, -0.2) is 4.79 Å². The number of hydrogen-bond donors (Lipinski definition) is 2. The molecule has 0 radical (unpaired) electrons. The number of carboxylic acid groups (broad SMARTS) is 1. The maximum absolute atomic E-state index is 10.8. The molecule has 1 aromatic carbocycles. The van der Waals surface area contributed by atoms with Gasteiger partial charge in [-0.05, 0) is 36.3 Å². The highest BCUT2D eigenvalue weighted by molar-refractivity contribution is 7.99. The molecule has 3 nitrogen and oxygen atoms in total. The van der Waals surface area contributed by atoms with Crippen LogP contribution in [0.2, 0.25) is 0 Å². The van der Waals surface area contributed by atoms with E-state index in [1.807, 2.05) is 0 Å². The third-order valence-corrected chi connectivity index (χ3v) is 3.32. The van der Waals surface area contributed by atoms with Crippen LogP contribution in [0.1, 0.15) is 30.6 Å². The van der Waals surface area contributed by atoms with Gasteiger partial charge in [0.15, 0.2) is 0 Å². The number of aromatic carboxylic acids is 1. The van der Waals surface area contributed by atoms with Gasteiger partial charge < -0.3 is 10.8 Å². The molecule has 0 atom stereocenters. The summed E-state index contributed by atoms with van der Waals surface area (Å²) in [5, 5.41) is 8.86. The van der Waals surface area contributed by atoms with E-state index in [0.717, 1.165) is 17.1 Å². The predicted molar refractivity (Wildman–Crippen MR) is 68.0 cm³/mol. The number of benzene rings is 1. The summed E-state index contributed by atoms with van der Waals surface area (Å²) < 4.78 is 0. The maximum Gasteiger partial charge on any atom is 0.335 e. The lowest BCUT2D eigenvalue weighted by molar-refractivity contribution is 0.0696. The average Bonchev–Trinajstić information content (AvgIpc) is 2.20. The minimum Gasteiger partial charge on any atom is -0.478 e. The zero-order valence-electron chi connectivity index (χ0n) is 9.56. The molecular formula is C12H17NO2S. The lowest BCUT2D eigenvalue weighted by Crippen LogP contribution is -1.99. The number of rotatable bonds is 5. The Balaban J connectivity index is 2.70. The van der Waals surface area contributed by atoms with E-state index in [0.29, 0.717) is 17.2 Å². The second-order valence-electron chi connectivity index (χ2n) is 4.09. The number of carboxylic acids is 1. The molecule has 0 fully saturated rings. The lowest BCUT2D eigenvalue weighted by atomic mass is 10.2. The second kappa shape index (κ2) is 5.80. The molecule has 0 spiro atoms. The number of anilines is 1. The van der Waals surface area contributed by atoms with Crippen LogP contribution < -0.4 is 5.73 Å². The topological polar surface area (TPSA) is 63.3 Å². The highest BCUT2D eigenvalue weighted by Crippen LogP contribution is 2.27. The molecule has 3 N–H and O–H groups in total. The quantitative estimate of drug-likeness (QED) is 0.612. The minimum absolute atomic E-state index is 0.293. The van der Waals surface area contributed by atoms with Gasteiger partial charge in [0, 0.05) is 10.6 Å². The smallest absolute Gasteiger partial charge is 0.335 e. The molecule has 0 amide bonds. The van der Waals surface area contributed by atoms with E-state index < -0.39 is 5.97 Å². The van der Waals surface area contributed by atoms with Crippen molar-refractivity contribution >= 4 is 23.4 Å². The van der Waals surface area contributed by atoms with Crippen molar-refractivity contribution in [3.05, 3.63) is 23.8 Å². The number of nitrogen functional groups attached to an aromatic ring is 1. The molecule has 4 heteroatoms. The Hall–Kier alpha value is -1.16.